The third-order valence-corrected chi connectivity index (χ3v) is 4.52. The highest BCUT2D eigenvalue weighted by molar-refractivity contribution is 6.05. The number of aromatic nitrogens is 3. The number of hydrogen-bond acceptors (Lipinski definition) is 1. The highest BCUT2D eigenvalue weighted by atomic mass is 15.2. The number of aryl methyl sites for hydroxylation is 4. The van der Waals surface area contributed by atoms with E-state index < -0.39 is 0 Å². The molecule has 0 atom stereocenters. The van der Waals surface area contributed by atoms with Crippen molar-refractivity contribution in [3.8, 4) is 5.69 Å². The third kappa shape index (κ3) is 1.59. The van der Waals surface area contributed by atoms with Crippen LogP contribution in [0, 0.1) is 20.8 Å². The summed E-state index contributed by atoms with van der Waals surface area (Å²) in [6, 6.07) is 14.9. The minimum Gasteiger partial charge on any atom is -0.328 e. The molecular weight excluding hydrogens is 270 g/mol. The standard InChI is InChI=1S/C19H19N3/c1-12-8-7-9-13(2)18(12)22-14(3)20-17-15-10-5-6-11-16(15)21(4)19(17)22/h5-11H,1-4H3. The summed E-state index contributed by atoms with van der Waals surface area (Å²) >= 11 is 0. The van der Waals surface area contributed by atoms with E-state index >= 15 is 0 Å². The number of benzene rings is 2. The molecule has 22 heavy (non-hydrogen) atoms. The van der Waals surface area contributed by atoms with Crippen LogP contribution in [0.2, 0.25) is 0 Å². The number of fused-ring (bicyclic) bond motifs is 3. The Morgan fingerprint density at radius 3 is 2.27 bits per heavy atom. The summed E-state index contributed by atoms with van der Waals surface area (Å²) in [6.07, 6.45) is 0. The average molecular weight is 289 g/mol. The smallest absolute Gasteiger partial charge is 0.146 e. The van der Waals surface area contributed by atoms with Gasteiger partial charge in [0.1, 0.15) is 17.0 Å². The van der Waals surface area contributed by atoms with E-state index in [9.17, 15) is 0 Å². The molecule has 2 aromatic heterocycles. The normalized spacial score (nSPS) is 11.6. The van der Waals surface area contributed by atoms with E-state index in [2.05, 4.69) is 79.4 Å². The van der Waals surface area contributed by atoms with Crippen LogP contribution in [0.1, 0.15) is 17.0 Å². The molecule has 0 N–H and O–H groups in total. The van der Waals surface area contributed by atoms with Crippen molar-refractivity contribution in [2.75, 3.05) is 0 Å². The Kier molecular flexibility index (Phi) is 2.67. The molecule has 4 rings (SSSR count). The molecule has 3 heteroatoms. The Morgan fingerprint density at radius 2 is 1.55 bits per heavy atom. The summed E-state index contributed by atoms with van der Waals surface area (Å²) in [4.78, 5) is 4.86. The molecule has 0 spiro atoms. The van der Waals surface area contributed by atoms with Crippen LogP contribution in [0.3, 0.4) is 0 Å². The van der Waals surface area contributed by atoms with Gasteiger partial charge in [-0.25, -0.2) is 4.98 Å². The lowest BCUT2D eigenvalue weighted by Crippen LogP contribution is -2.05. The van der Waals surface area contributed by atoms with Gasteiger partial charge in [0, 0.05) is 12.4 Å². The van der Waals surface area contributed by atoms with Crippen molar-refractivity contribution in [3.05, 3.63) is 59.4 Å². The molecule has 0 aliphatic rings. The minimum absolute atomic E-state index is 1.03. The van der Waals surface area contributed by atoms with Crippen molar-refractivity contribution in [1.82, 2.24) is 14.1 Å². The molecule has 0 aliphatic carbocycles. The average Bonchev–Trinajstić information content (AvgIpc) is 2.96. The topological polar surface area (TPSA) is 22.8 Å². The van der Waals surface area contributed by atoms with Crippen LogP contribution in [-0.2, 0) is 7.05 Å². The molecule has 0 radical (unpaired) electrons. The lowest BCUT2D eigenvalue weighted by molar-refractivity contribution is 0.907. The van der Waals surface area contributed by atoms with Gasteiger partial charge in [-0.05, 0) is 38.0 Å². The van der Waals surface area contributed by atoms with E-state index in [-0.39, 0.29) is 0 Å². The Hall–Kier alpha value is -2.55. The molecule has 0 unspecified atom stereocenters. The minimum atomic E-state index is 1.03. The van der Waals surface area contributed by atoms with Gasteiger partial charge < -0.3 is 4.57 Å². The van der Waals surface area contributed by atoms with Gasteiger partial charge in [0.25, 0.3) is 0 Å². The van der Waals surface area contributed by atoms with E-state index in [1.807, 2.05) is 0 Å². The zero-order valence-corrected chi connectivity index (χ0v) is 13.4. The van der Waals surface area contributed by atoms with Crippen LogP contribution < -0.4 is 0 Å². The monoisotopic (exact) mass is 289 g/mol. The molecule has 0 fully saturated rings. The van der Waals surface area contributed by atoms with Crippen molar-refractivity contribution in [1.29, 1.82) is 0 Å². The molecular formula is C19H19N3. The summed E-state index contributed by atoms with van der Waals surface area (Å²) in [7, 11) is 2.12. The molecule has 4 aromatic rings. The summed E-state index contributed by atoms with van der Waals surface area (Å²) in [6.45, 7) is 6.41. The Balaban J connectivity index is 2.22. The van der Waals surface area contributed by atoms with E-state index in [0.717, 1.165) is 17.0 Å². The predicted octanol–water partition coefficient (Wildman–Crippen LogP) is 4.44. The fourth-order valence-electron chi connectivity index (χ4n) is 3.52. The van der Waals surface area contributed by atoms with Crippen LogP contribution in [-0.4, -0.2) is 14.1 Å². The van der Waals surface area contributed by atoms with Crippen molar-refractivity contribution in [2.45, 2.75) is 20.8 Å². The van der Waals surface area contributed by atoms with Crippen molar-refractivity contribution >= 4 is 22.1 Å². The molecule has 3 nitrogen and oxygen atoms in total. The van der Waals surface area contributed by atoms with Crippen molar-refractivity contribution in [2.24, 2.45) is 7.05 Å². The highest BCUT2D eigenvalue weighted by Gasteiger charge is 2.19. The third-order valence-electron chi connectivity index (χ3n) is 4.52. The van der Waals surface area contributed by atoms with Crippen LogP contribution >= 0.6 is 0 Å². The second-order valence-electron chi connectivity index (χ2n) is 5.98. The predicted molar refractivity (Wildman–Crippen MR) is 91.8 cm³/mol. The maximum absolute atomic E-state index is 4.86. The van der Waals surface area contributed by atoms with Crippen LogP contribution in [0.25, 0.3) is 27.8 Å². The highest BCUT2D eigenvalue weighted by Crippen LogP contribution is 2.32. The Bertz CT molecular complexity index is 998. The van der Waals surface area contributed by atoms with Gasteiger partial charge in [0.05, 0.1) is 11.2 Å². The first kappa shape index (κ1) is 13.1. The first-order valence-corrected chi connectivity index (χ1v) is 7.58. The van der Waals surface area contributed by atoms with Gasteiger partial charge in [-0.2, -0.15) is 0 Å². The summed E-state index contributed by atoms with van der Waals surface area (Å²) in [5.74, 6) is 1.03. The van der Waals surface area contributed by atoms with E-state index in [1.54, 1.807) is 0 Å². The lowest BCUT2D eigenvalue weighted by atomic mass is 10.1. The molecule has 2 aromatic carbocycles. The second-order valence-corrected chi connectivity index (χ2v) is 5.98. The Labute approximate surface area is 129 Å². The summed E-state index contributed by atoms with van der Waals surface area (Å²) < 4.78 is 4.54. The maximum atomic E-state index is 4.86. The largest absolute Gasteiger partial charge is 0.328 e. The van der Waals surface area contributed by atoms with Gasteiger partial charge in [-0.1, -0.05) is 36.4 Å². The number of imidazole rings is 1. The molecule has 110 valence electrons. The maximum Gasteiger partial charge on any atom is 0.146 e. The second kappa shape index (κ2) is 4.47. The van der Waals surface area contributed by atoms with E-state index in [1.165, 1.54) is 27.7 Å². The number of rotatable bonds is 1. The first-order chi connectivity index (χ1) is 10.6. The lowest BCUT2D eigenvalue weighted by Gasteiger charge is -2.14. The molecule has 2 heterocycles. The van der Waals surface area contributed by atoms with Gasteiger partial charge >= 0.3 is 0 Å². The molecule has 0 bridgehead atoms. The van der Waals surface area contributed by atoms with Crippen molar-refractivity contribution < 1.29 is 0 Å². The molecule has 0 amide bonds. The number of para-hydroxylation sites is 2. The summed E-state index contributed by atoms with van der Waals surface area (Å²) in [5, 5.41) is 1.22. The van der Waals surface area contributed by atoms with Crippen LogP contribution in [0.15, 0.2) is 42.5 Å². The van der Waals surface area contributed by atoms with Crippen LogP contribution in [0.4, 0.5) is 0 Å². The first-order valence-electron chi connectivity index (χ1n) is 7.58. The fraction of sp³-hybridized carbons (Fsp3) is 0.211. The number of hydrogen-bond donors (Lipinski definition) is 0. The Morgan fingerprint density at radius 1 is 0.864 bits per heavy atom. The number of nitrogens with zero attached hydrogens (tertiary/aromatic N) is 3. The molecule has 0 aliphatic heterocycles. The summed E-state index contributed by atoms with van der Waals surface area (Å²) in [5.41, 5.74) is 7.25. The van der Waals surface area contributed by atoms with Gasteiger partial charge in [-0.15, -0.1) is 0 Å². The zero-order valence-electron chi connectivity index (χ0n) is 13.4. The van der Waals surface area contributed by atoms with Gasteiger partial charge in [-0.3, -0.25) is 4.57 Å². The van der Waals surface area contributed by atoms with Gasteiger partial charge in [0.2, 0.25) is 0 Å². The quantitative estimate of drug-likeness (QED) is 0.508. The van der Waals surface area contributed by atoms with E-state index in [0.29, 0.717) is 0 Å². The zero-order chi connectivity index (χ0) is 15.4. The van der Waals surface area contributed by atoms with Crippen molar-refractivity contribution in [3.63, 3.8) is 0 Å². The van der Waals surface area contributed by atoms with E-state index in [4.69, 9.17) is 4.98 Å². The molecule has 0 saturated heterocycles. The molecule has 0 saturated carbocycles. The van der Waals surface area contributed by atoms with Gasteiger partial charge in [0.15, 0.2) is 0 Å². The van der Waals surface area contributed by atoms with Crippen LogP contribution in [0.5, 0.6) is 0 Å². The fourth-order valence-corrected chi connectivity index (χ4v) is 3.52. The SMILES string of the molecule is Cc1cccc(C)c1-n1c(C)nc2c3ccccc3n(C)c21.